The predicted octanol–water partition coefficient (Wildman–Crippen LogP) is 0.00578. The number of carboxylic acids is 2. The van der Waals surface area contributed by atoms with E-state index in [0.717, 1.165) is 0 Å². The molecule has 6 nitrogen and oxygen atoms in total. The molecule has 2 N–H and O–H groups in total. The number of aliphatic carboxylic acids is 2. The van der Waals surface area contributed by atoms with Gasteiger partial charge in [-0.05, 0) is 13.3 Å². The van der Waals surface area contributed by atoms with Gasteiger partial charge in [-0.3, -0.25) is 14.5 Å². The first-order chi connectivity index (χ1) is 7.47. The molecule has 16 heavy (non-hydrogen) atoms. The number of carboxylic acid groups (broad SMARTS) is 2. The zero-order valence-corrected chi connectivity index (χ0v) is 8.96. The fourth-order valence-electron chi connectivity index (χ4n) is 1.96. The van der Waals surface area contributed by atoms with Crippen molar-refractivity contribution in [2.24, 2.45) is 11.8 Å². The van der Waals surface area contributed by atoms with Crippen molar-refractivity contribution < 1.29 is 19.8 Å². The highest BCUT2D eigenvalue weighted by molar-refractivity contribution is 5.80. The second-order valence-corrected chi connectivity index (χ2v) is 3.98. The molecule has 0 amide bonds. The minimum Gasteiger partial charge on any atom is -0.481 e. The smallest absolute Gasteiger partial charge is 0.308 e. The van der Waals surface area contributed by atoms with Gasteiger partial charge in [-0.1, -0.05) is 0 Å². The number of likely N-dealkylation sites (tertiary alicyclic amines) is 1. The third-order valence-corrected chi connectivity index (χ3v) is 3.01. The lowest BCUT2D eigenvalue weighted by Gasteiger charge is -2.35. The van der Waals surface area contributed by atoms with Gasteiger partial charge in [0, 0.05) is 13.1 Å². The molecule has 0 aromatic heterocycles. The zero-order valence-electron chi connectivity index (χ0n) is 8.96. The summed E-state index contributed by atoms with van der Waals surface area (Å²) in [6.07, 6.45) is 0.276. The van der Waals surface area contributed by atoms with Crippen molar-refractivity contribution in [2.45, 2.75) is 19.4 Å². The van der Waals surface area contributed by atoms with E-state index in [9.17, 15) is 9.59 Å². The molecule has 3 atom stereocenters. The van der Waals surface area contributed by atoms with Gasteiger partial charge in [-0.25, -0.2) is 0 Å². The van der Waals surface area contributed by atoms with Crippen LogP contribution in [0.1, 0.15) is 13.3 Å². The van der Waals surface area contributed by atoms with E-state index in [1.807, 2.05) is 6.07 Å². The van der Waals surface area contributed by atoms with Crippen molar-refractivity contribution in [2.75, 3.05) is 13.1 Å². The topological polar surface area (TPSA) is 102 Å². The highest BCUT2D eigenvalue weighted by Crippen LogP contribution is 2.25. The monoisotopic (exact) mass is 226 g/mol. The Morgan fingerprint density at radius 3 is 2.38 bits per heavy atom. The summed E-state index contributed by atoms with van der Waals surface area (Å²) >= 11 is 0. The molecular formula is C10H14N2O4. The lowest BCUT2D eigenvalue weighted by atomic mass is 9.85. The van der Waals surface area contributed by atoms with Crippen LogP contribution >= 0.6 is 0 Å². The summed E-state index contributed by atoms with van der Waals surface area (Å²) < 4.78 is 0. The summed E-state index contributed by atoms with van der Waals surface area (Å²) in [6, 6.07) is 1.65. The highest BCUT2D eigenvalue weighted by Gasteiger charge is 2.39. The van der Waals surface area contributed by atoms with Crippen molar-refractivity contribution in [3.05, 3.63) is 0 Å². The first-order valence-corrected chi connectivity index (χ1v) is 5.06. The van der Waals surface area contributed by atoms with E-state index >= 15 is 0 Å². The quantitative estimate of drug-likeness (QED) is 0.702. The lowest BCUT2D eigenvalue weighted by molar-refractivity contribution is -0.157. The Morgan fingerprint density at radius 2 is 1.94 bits per heavy atom. The van der Waals surface area contributed by atoms with E-state index in [1.165, 1.54) is 0 Å². The second kappa shape index (κ2) is 4.94. The molecule has 1 fully saturated rings. The summed E-state index contributed by atoms with van der Waals surface area (Å²) in [5.74, 6) is -3.96. The summed E-state index contributed by atoms with van der Waals surface area (Å²) in [6.45, 7) is 2.26. The molecule has 88 valence electrons. The molecule has 1 aliphatic rings. The van der Waals surface area contributed by atoms with Gasteiger partial charge in [0.25, 0.3) is 0 Å². The highest BCUT2D eigenvalue weighted by atomic mass is 16.4. The molecule has 0 saturated carbocycles. The molecule has 0 radical (unpaired) electrons. The number of hydrogen-bond acceptors (Lipinski definition) is 4. The predicted molar refractivity (Wildman–Crippen MR) is 53.5 cm³/mol. The fraction of sp³-hybridized carbons (Fsp3) is 0.700. The standard InChI is InChI=1S/C10H14N2O4/c1-6(4-11)12-3-2-7(9(13)14)8(5-12)10(15)16/h6-8H,2-3,5H2,1H3,(H,13,14)(H,15,16). The first-order valence-electron chi connectivity index (χ1n) is 5.06. The van der Waals surface area contributed by atoms with Crippen molar-refractivity contribution in [1.82, 2.24) is 4.90 Å². The number of nitrogens with zero attached hydrogens (tertiary/aromatic N) is 2. The Hall–Kier alpha value is -1.61. The van der Waals surface area contributed by atoms with E-state index in [2.05, 4.69) is 0 Å². The number of hydrogen-bond donors (Lipinski definition) is 2. The fourth-order valence-corrected chi connectivity index (χ4v) is 1.96. The van der Waals surface area contributed by atoms with Gasteiger partial charge in [-0.15, -0.1) is 0 Å². The lowest BCUT2D eigenvalue weighted by Crippen LogP contribution is -2.49. The maximum absolute atomic E-state index is 11.0. The van der Waals surface area contributed by atoms with E-state index in [4.69, 9.17) is 15.5 Å². The maximum Gasteiger partial charge on any atom is 0.308 e. The van der Waals surface area contributed by atoms with Crippen LogP contribution in [0.4, 0.5) is 0 Å². The Labute approximate surface area is 93.1 Å². The Balaban J connectivity index is 2.77. The summed E-state index contributed by atoms with van der Waals surface area (Å²) in [5.41, 5.74) is 0. The van der Waals surface area contributed by atoms with Gasteiger partial charge in [0.15, 0.2) is 0 Å². The summed E-state index contributed by atoms with van der Waals surface area (Å²) in [4.78, 5) is 23.5. The van der Waals surface area contributed by atoms with Crippen LogP contribution in [-0.4, -0.2) is 46.2 Å². The maximum atomic E-state index is 11.0. The van der Waals surface area contributed by atoms with Crippen LogP contribution in [-0.2, 0) is 9.59 Å². The minimum atomic E-state index is -1.11. The molecule has 0 bridgehead atoms. The second-order valence-electron chi connectivity index (χ2n) is 3.98. The average molecular weight is 226 g/mol. The van der Waals surface area contributed by atoms with Crippen LogP contribution in [0.15, 0.2) is 0 Å². The van der Waals surface area contributed by atoms with Crippen molar-refractivity contribution in [3.8, 4) is 6.07 Å². The Bertz CT molecular complexity index is 336. The molecule has 1 rings (SSSR count). The van der Waals surface area contributed by atoms with E-state index in [0.29, 0.717) is 6.54 Å². The van der Waals surface area contributed by atoms with Gasteiger partial charge < -0.3 is 10.2 Å². The molecule has 6 heteroatoms. The van der Waals surface area contributed by atoms with Gasteiger partial charge in [0.05, 0.1) is 23.9 Å². The van der Waals surface area contributed by atoms with Crippen LogP contribution in [0.25, 0.3) is 0 Å². The van der Waals surface area contributed by atoms with E-state index in [-0.39, 0.29) is 19.0 Å². The largest absolute Gasteiger partial charge is 0.481 e. The van der Waals surface area contributed by atoms with E-state index < -0.39 is 23.8 Å². The number of nitriles is 1. The van der Waals surface area contributed by atoms with Crippen molar-refractivity contribution in [3.63, 3.8) is 0 Å². The van der Waals surface area contributed by atoms with Gasteiger partial charge in [0.1, 0.15) is 0 Å². The van der Waals surface area contributed by atoms with Gasteiger partial charge >= 0.3 is 11.9 Å². The molecule has 0 spiro atoms. The molecular weight excluding hydrogens is 212 g/mol. The molecule has 1 aliphatic heterocycles. The van der Waals surface area contributed by atoms with Crippen LogP contribution in [0.5, 0.6) is 0 Å². The molecule has 3 unspecified atom stereocenters. The van der Waals surface area contributed by atoms with Crippen molar-refractivity contribution >= 4 is 11.9 Å². The Morgan fingerprint density at radius 1 is 1.38 bits per heavy atom. The van der Waals surface area contributed by atoms with E-state index in [1.54, 1.807) is 11.8 Å². The van der Waals surface area contributed by atoms with Crippen LogP contribution < -0.4 is 0 Å². The number of carbonyl (C=O) groups is 2. The molecule has 0 aromatic rings. The van der Waals surface area contributed by atoms with Gasteiger partial charge in [-0.2, -0.15) is 5.26 Å². The number of piperidine rings is 1. The molecule has 0 aromatic carbocycles. The Kier molecular flexibility index (Phi) is 3.85. The molecule has 1 saturated heterocycles. The first kappa shape index (κ1) is 12.5. The van der Waals surface area contributed by atoms with Crippen molar-refractivity contribution in [1.29, 1.82) is 5.26 Å². The third kappa shape index (κ3) is 2.49. The molecule has 0 aliphatic carbocycles. The van der Waals surface area contributed by atoms with Crippen LogP contribution in [0, 0.1) is 23.2 Å². The summed E-state index contributed by atoms with van der Waals surface area (Å²) in [7, 11) is 0. The zero-order chi connectivity index (χ0) is 12.3. The van der Waals surface area contributed by atoms with Crippen LogP contribution in [0.2, 0.25) is 0 Å². The van der Waals surface area contributed by atoms with Gasteiger partial charge in [0.2, 0.25) is 0 Å². The SMILES string of the molecule is CC(C#N)N1CCC(C(=O)O)C(C(=O)O)C1. The number of rotatable bonds is 3. The third-order valence-electron chi connectivity index (χ3n) is 3.01. The minimum absolute atomic E-state index is 0.126. The normalized spacial score (nSPS) is 28.0. The summed E-state index contributed by atoms with van der Waals surface area (Å²) in [5, 5.41) is 26.6. The average Bonchev–Trinajstić information content (AvgIpc) is 2.26. The van der Waals surface area contributed by atoms with Crippen LogP contribution in [0.3, 0.4) is 0 Å². The molecule has 1 heterocycles.